The molecule has 0 radical (unpaired) electrons. The summed E-state index contributed by atoms with van der Waals surface area (Å²) in [5.74, 6) is -0.262. The quantitative estimate of drug-likeness (QED) is 0.630. The predicted molar refractivity (Wildman–Crippen MR) is 97.6 cm³/mol. The minimum absolute atomic E-state index is 0.0352. The maximum absolute atomic E-state index is 12.0. The van der Waals surface area contributed by atoms with Crippen LogP contribution >= 0.6 is 23.5 Å². The standard InChI is InChI=1S/C14H13N5O4S2/c20-11-2-1-7-18-13(16-11)25-14(17-18)24-8-12(21)15-9-3-5-10(6-4-9)19(22)23/h3-6H,1-2,7-8H2,(H,15,21). The van der Waals surface area contributed by atoms with Gasteiger partial charge in [-0.2, -0.15) is 10.1 Å². The number of thioether (sulfide) groups is 2. The zero-order valence-corrected chi connectivity index (χ0v) is 14.5. The van der Waals surface area contributed by atoms with Crippen LogP contribution in [0.2, 0.25) is 0 Å². The topological polar surface area (TPSA) is 117 Å². The molecule has 2 amide bonds. The third-order valence-electron chi connectivity index (χ3n) is 3.27. The highest BCUT2D eigenvalue weighted by molar-refractivity contribution is 8.45. The van der Waals surface area contributed by atoms with E-state index in [-0.39, 0.29) is 23.3 Å². The Kier molecular flexibility index (Phi) is 5.34. The molecule has 0 spiro atoms. The summed E-state index contributed by atoms with van der Waals surface area (Å²) >= 11 is 2.53. The van der Waals surface area contributed by atoms with Gasteiger partial charge >= 0.3 is 0 Å². The number of anilines is 1. The van der Waals surface area contributed by atoms with Gasteiger partial charge in [0.25, 0.3) is 5.69 Å². The summed E-state index contributed by atoms with van der Waals surface area (Å²) in [5.41, 5.74) is 0.452. The van der Waals surface area contributed by atoms with Gasteiger partial charge < -0.3 is 5.32 Å². The summed E-state index contributed by atoms with van der Waals surface area (Å²) in [7, 11) is 0. The van der Waals surface area contributed by atoms with Gasteiger partial charge in [-0.25, -0.2) is 5.01 Å². The van der Waals surface area contributed by atoms with Crippen molar-refractivity contribution in [3.63, 3.8) is 0 Å². The lowest BCUT2D eigenvalue weighted by atomic mass is 10.3. The van der Waals surface area contributed by atoms with E-state index in [1.165, 1.54) is 47.8 Å². The Labute approximate surface area is 151 Å². The molecular formula is C14H13N5O4S2. The Morgan fingerprint density at radius 2 is 2.16 bits per heavy atom. The number of fused-ring (bicyclic) bond motifs is 1. The van der Waals surface area contributed by atoms with E-state index in [0.29, 0.717) is 34.6 Å². The van der Waals surface area contributed by atoms with Crippen molar-refractivity contribution in [1.82, 2.24) is 5.01 Å². The first-order valence-corrected chi connectivity index (χ1v) is 9.14. The molecule has 2 heterocycles. The Hall–Kier alpha value is -2.40. The normalized spacial score (nSPS) is 16.6. The molecule has 3 rings (SSSR count). The van der Waals surface area contributed by atoms with E-state index in [0.717, 1.165) is 0 Å². The van der Waals surface area contributed by atoms with Crippen LogP contribution in [0.1, 0.15) is 12.8 Å². The van der Waals surface area contributed by atoms with E-state index >= 15 is 0 Å². The number of amidine groups is 1. The molecule has 25 heavy (non-hydrogen) atoms. The van der Waals surface area contributed by atoms with Crippen LogP contribution in [0.5, 0.6) is 0 Å². The first-order valence-electron chi connectivity index (χ1n) is 7.34. The average molecular weight is 379 g/mol. The van der Waals surface area contributed by atoms with Gasteiger partial charge in [0.1, 0.15) is 0 Å². The molecule has 9 nitrogen and oxygen atoms in total. The van der Waals surface area contributed by atoms with Crippen LogP contribution in [0.3, 0.4) is 0 Å². The molecule has 0 bridgehead atoms. The molecular weight excluding hydrogens is 366 g/mol. The van der Waals surface area contributed by atoms with Crippen molar-refractivity contribution in [3.05, 3.63) is 34.4 Å². The third-order valence-corrected chi connectivity index (χ3v) is 5.35. The minimum atomic E-state index is -0.499. The van der Waals surface area contributed by atoms with E-state index in [1.807, 2.05) is 0 Å². The highest BCUT2D eigenvalue weighted by Gasteiger charge is 2.27. The molecule has 1 aromatic carbocycles. The molecule has 1 aromatic rings. The summed E-state index contributed by atoms with van der Waals surface area (Å²) in [4.78, 5) is 37.5. The van der Waals surface area contributed by atoms with Crippen LogP contribution in [-0.2, 0) is 9.59 Å². The van der Waals surface area contributed by atoms with Gasteiger partial charge in [0.05, 0.1) is 10.7 Å². The van der Waals surface area contributed by atoms with Gasteiger partial charge in [-0.05, 0) is 30.3 Å². The fourth-order valence-corrected chi connectivity index (χ4v) is 3.91. The fourth-order valence-electron chi connectivity index (χ4n) is 2.11. The number of hydrogen-bond acceptors (Lipinski definition) is 8. The van der Waals surface area contributed by atoms with E-state index < -0.39 is 4.92 Å². The molecule has 1 N–H and O–H groups in total. The first kappa shape index (κ1) is 17.4. The summed E-state index contributed by atoms with van der Waals surface area (Å²) in [6.45, 7) is 0.636. The highest BCUT2D eigenvalue weighted by Crippen LogP contribution is 2.29. The zero-order valence-electron chi connectivity index (χ0n) is 12.9. The summed E-state index contributed by atoms with van der Waals surface area (Å²) in [6.07, 6.45) is 1.13. The number of nitro benzene ring substituents is 1. The lowest BCUT2D eigenvalue weighted by Gasteiger charge is -2.08. The van der Waals surface area contributed by atoms with E-state index in [1.54, 1.807) is 5.01 Å². The average Bonchev–Trinajstić information content (AvgIpc) is 2.86. The van der Waals surface area contributed by atoms with Gasteiger partial charge in [-0.3, -0.25) is 19.7 Å². The van der Waals surface area contributed by atoms with Gasteiger partial charge in [-0.1, -0.05) is 11.8 Å². The second-order valence-electron chi connectivity index (χ2n) is 5.12. The third kappa shape index (κ3) is 4.57. The van der Waals surface area contributed by atoms with Crippen molar-refractivity contribution in [2.45, 2.75) is 12.8 Å². The number of nitrogens with zero attached hydrogens (tertiary/aromatic N) is 4. The molecule has 0 atom stereocenters. The minimum Gasteiger partial charge on any atom is -0.325 e. The van der Waals surface area contributed by atoms with Crippen LogP contribution < -0.4 is 5.32 Å². The lowest BCUT2D eigenvalue weighted by Crippen LogP contribution is -2.18. The van der Waals surface area contributed by atoms with E-state index in [2.05, 4.69) is 15.4 Å². The molecule has 0 aliphatic carbocycles. The second-order valence-corrected chi connectivity index (χ2v) is 7.30. The summed E-state index contributed by atoms with van der Waals surface area (Å²) in [5, 5.41) is 19.9. The van der Waals surface area contributed by atoms with Gasteiger partial charge in [0.15, 0.2) is 9.54 Å². The second kappa shape index (κ2) is 7.66. The fraction of sp³-hybridized carbons (Fsp3) is 0.286. The Balaban J connectivity index is 1.51. The number of aliphatic imine (C=N–C) groups is 1. The van der Waals surface area contributed by atoms with Crippen LogP contribution in [-0.4, -0.2) is 43.6 Å². The molecule has 0 saturated carbocycles. The Bertz CT molecular complexity index is 778. The molecule has 11 heteroatoms. The van der Waals surface area contributed by atoms with Crippen LogP contribution in [0.15, 0.2) is 34.4 Å². The van der Waals surface area contributed by atoms with Gasteiger partial charge in [-0.15, -0.1) is 0 Å². The van der Waals surface area contributed by atoms with Gasteiger partial charge in [0, 0.05) is 30.8 Å². The molecule has 0 fully saturated rings. The number of amides is 2. The summed E-state index contributed by atoms with van der Waals surface area (Å²) in [6, 6.07) is 5.62. The SMILES string of the molecule is O=C1CCCN2N=C(SCC(=O)Nc3ccc([N+](=O)[O-])cc3)SC2=N1. The van der Waals surface area contributed by atoms with Crippen LogP contribution in [0, 0.1) is 10.1 Å². The number of carbonyl (C=O) groups excluding carboxylic acids is 2. The van der Waals surface area contributed by atoms with Crippen LogP contribution in [0.4, 0.5) is 11.4 Å². The maximum atomic E-state index is 12.0. The Morgan fingerprint density at radius 3 is 2.88 bits per heavy atom. The number of rotatable bonds is 4. The van der Waals surface area contributed by atoms with Crippen molar-refractivity contribution < 1.29 is 14.5 Å². The Morgan fingerprint density at radius 1 is 1.40 bits per heavy atom. The summed E-state index contributed by atoms with van der Waals surface area (Å²) < 4.78 is 0.660. The molecule has 2 aliphatic heterocycles. The molecule has 0 unspecified atom stereocenters. The number of hydrogen-bond donors (Lipinski definition) is 1. The monoisotopic (exact) mass is 379 g/mol. The number of nitro groups is 1. The lowest BCUT2D eigenvalue weighted by molar-refractivity contribution is -0.384. The van der Waals surface area contributed by atoms with Crippen molar-refractivity contribution >= 4 is 56.3 Å². The van der Waals surface area contributed by atoms with Crippen molar-refractivity contribution in [3.8, 4) is 0 Å². The van der Waals surface area contributed by atoms with E-state index in [4.69, 9.17) is 0 Å². The number of carbonyl (C=O) groups is 2. The molecule has 2 aliphatic rings. The van der Waals surface area contributed by atoms with E-state index in [9.17, 15) is 19.7 Å². The predicted octanol–water partition coefficient (Wildman–Crippen LogP) is 2.26. The number of hydrazone groups is 1. The molecule has 0 saturated heterocycles. The number of non-ortho nitro benzene ring substituents is 1. The number of benzene rings is 1. The highest BCUT2D eigenvalue weighted by atomic mass is 32.2. The van der Waals surface area contributed by atoms with Crippen molar-refractivity contribution in [2.24, 2.45) is 10.1 Å². The largest absolute Gasteiger partial charge is 0.325 e. The van der Waals surface area contributed by atoms with Crippen molar-refractivity contribution in [1.29, 1.82) is 0 Å². The first-order chi connectivity index (χ1) is 12.0. The molecule has 130 valence electrons. The van der Waals surface area contributed by atoms with Crippen LogP contribution in [0.25, 0.3) is 0 Å². The van der Waals surface area contributed by atoms with Gasteiger partial charge in [0.2, 0.25) is 11.8 Å². The maximum Gasteiger partial charge on any atom is 0.269 e. The van der Waals surface area contributed by atoms with Crippen molar-refractivity contribution in [2.75, 3.05) is 17.6 Å². The number of nitrogens with one attached hydrogen (secondary N) is 1. The molecule has 0 aromatic heterocycles. The smallest absolute Gasteiger partial charge is 0.269 e. The zero-order chi connectivity index (χ0) is 17.8.